The second kappa shape index (κ2) is 5.40. The summed E-state index contributed by atoms with van der Waals surface area (Å²) in [4.78, 5) is 15.0. The van der Waals surface area contributed by atoms with Gasteiger partial charge in [-0.2, -0.15) is 0 Å². The lowest BCUT2D eigenvalue weighted by Crippen LogP contribution is -2.36. The largest absolute Gasteiger partial charge is 0.310 e. The van der Waals surface area contributed by atoms with Crippen molar-refractivity contribution in [2.24, 2.45) is 0 Å². The van der Waals surface area contributed by atoms with Gasteiger partial charge in [0.05, 0.1) is 11.4 Å². The smallest absolute Gasteiger partial charge is 0.237 e. The van der Waals surface area contributed by atoms with Crippen molar-refractivity contribution < 1.29 is 4.79 Å². The monoisotopic (exact) mass is 275 g/mol. The maximum atomic E-state index is 12.0. The van der Waals surface area contributed by atoms with Gasteiger partial charge in [0.25, 0.3) is 0 Å². The van der Waals surface area contributed by atoms with E-state index >= 15 is 0 Å². The lowest BCUT2D eigenvalue weighted by molar-refractivity contribution is -0.116. The minimum absolute atomic E-state index is 0.167. The Morgan fingerprint density at radius 1 is 1.26 bits per heavy atom. The Kier molecular flexibility index (Phi) is 3.45. The second-order valence-electron chi connectivity index (χ2n) is 4.23. The van der Waals surface area contributed by atoms with Gasteiger partial charge in [0.15, 0.2) is 0 Å². The molecule has 0 atom stereocenters. The fourth-order valence-corrected chi connectivity index (χ4v) is 3.01. The van der Waals surface area contributed by atoms with Crippen LogP contribution in [-0.4, -0.2) is 38.4 Å². The molecule has 0 saturated carbocycles. The molecular weight excluding hydrogens is 262 g/mol. The van der Waals surface area contributed by atoms with Crippen LogP contribution < -0.4 is 4.90 Å². The molecular formula is C12H13N5OS. The zero-order valence-electron chi connectivity index (χ0n) is 10.3. The molecule has 0 N–H and O–H groups in total. The molecule has 0 radical (unpaired) electrons. The van der Waals surface area contributed by atoms with Crippen molar-refractivity contribution in [3.63, 3.8) is 0 Å². The standard InChI is InChI=1S/C12H13N5OS/c18-12-8-19-11-5-2-1-4-10(11)17(12)7-3-6-16-9-13-14-15-16/h1-2,4-5,9H,3,6-8H2. The Morgan fingerprint density at radius 3 is 3.00 bits per heavy atom. The van der Waals surface area contributed by atoms with E-state index in [-0.39, 0.29) is 5.91 Å². The van der Waals surface area contributed by atoms with Crippen LogP contribution in [0.25, 0.3) is 0 Å². The number of aryl methyl sites for hydroxylation is 1. The number of fused-ring (bicyclic) bond motifs is 1. The van der Waals surface area contributed by atoms with E-state index in [1.54, 1.807) is 22.8 Å². The van der Waals surface area contributed by atoms with Crippen molar-refractivity contribution in [2.75, 3.05) is 17.2 Å². The number of nitrogens with zero attached hydrogens (tertiary/aromatic N) is 5. The number of anilines is 1. The quantitative estimate of drug-likeness (QED) is 0.839. The van der Waals surface area contributed by atoms with Crippen molar-refractivity contribution in [1.29, 1.82) is 0 Å². The van der Waals surface area contributed by atoms with Crippen molar-refractivity contribution in [2.45, 2.75) is 17.9 Å². The third kappa shape index (κ3) is 2.60. The van der Waals surface area contributed by atoms with Crippen LogP contribution in [0.1, 0.15) is 6.42 Å². The fourth-order valence-electron chi connectivity index (χ4n) is 2.07. The van der Waals surface area contributed by atoms with Crippen LogP contribution >= 0.6 is 11.8 Å². The zero-order valence-corrected chi connectivity index (χ0v) is 11.1. The summed E-state index contributed by atoms with van der Waals surface area (Å²) in [5, 5.41) is 11.0. The van der Waals surface area contributed by atoms with Gasteiger partial charge in [-0.15, -0.1) is 16.9 Å². The molecule has 0 fully saturated rings. The maximum absolute atomic E-state index is 12.0. The molecule has 1 aromatic heterocycles. The summed E-state index contributed by atoms with van der Waals surface area (Å²) in [7, 11) is 0. The Labute approximate surface area is 114 Å². The number of carbonyl (C=O) groups excluding carboxylic acids is 1. The number of thioether (sulfide) groups is 1. The first-order valence-electron chi connectivity index (χ1n) is 6.07. The van der Waals surface area contributed by atoms with E-state index in [9.17, 15) is 4.79 Å². The summed E-state index contributed by atoms with van der Waals surface area (Å²) >= 11 is 1.60. The minimum atomic E-state index is 0.167. The van der Waals surface area contributed by atoms with Crippen LogP contribution in [0.15, 0.2) is 35.5 Å². The first-order valence-corrected chi connectivity index (χ1v) is 7.06. The molecule has 0 spiro atoms. The maximum Gasteiger partial charge on any atom is 0.237 e. The van der Waals surface area contributed by atoms with Gasteiger partial charge in [-0.3, -0.25) is 4.79 Å². The molecule has 1 amide bonds. The lowest BCUT2D eigenvalue weighted by Gasteiger charge is -2.28. The molecule has 1 aliphatic heterocycles. The molecule has 0 saturated heterocycles. The highest BCUT2D eigenvalue weighted by molar-refractivity contribution is 8.00. The average Bonchev–Trinajstić information content (AvgIpc) is 2.94. The summed E-state index contributed by atoms with van der Waals surface area (Å²) in [6.07, 6.45) is 2.41. The molecule has 6 nitrogen and oxygen atoms in total. The number of hydrogen-bond donors (Lipinski definition) is 0. The van der Waals surface area contributed by atoms with Crippen molar-refractivity contribution in [3.8, 4) is 0 Å². The van der Waals surface area contributed by atoms with E-state index in [0.29, 0.717) is 18.8 Å². The topological polar surface area (TPSA) is 63.9 Å². The third-order valence-corrected chi connectivity index (χ3v) is 4.02. The van der Waals surface area contributed by atoms with Crippen LogP contribution in [-0.2, 0) is 11.3 Å². The molecule has 7 heteroatoms. The van der Waals surface area contributed by atoms with Crippen LogP contribution in [0.4, 0.5) is 5.69 Å². The Morgan fingerprint density at radius 2 is 2.16 bits per heavy atom. The number of benzene rings is 1. The van der Waals surface area contributed by atoms with E-state index in [1.807, 2.05) is 23.1 Å². The van der Waals surface area contributed by atoms with Gasteiger partial charge in [-0.25, -0.2) is 4.68 Å². The Hall–Kier alpha value is -1.89. The van der Waals surface area contributed by atoms with Crippen LogP contribution in [0.2, 0.25) is 0 Å². The molecule has 0 unspecified atom stereocenters. The second-order valence-corrected chi connectivity index (χ2v) is 5.25. The first-order chi connectivity index (χ1) is 9.34. The van der Waals surface area contributed by atoms with Crippen molar-refractivity contribution in [3.05, 3.63) is 30.6 Å². The van der Waals surface area contributed by atoms with Gasteiger partial charge < -0.3 is 4.90 Å². The van der Waals surface area contributed by atoms with Gasteiger partial charge in [-0.05, 0) is 29.0 Å². The summed E-state index contributed by atoms with van der Waals surface area (Å²) in [6, 6.07) is 8.02. The highest BCUT2D eigenvalue weighted by atomic mass is 32.2. The first kappa shape index (κ1) is 12.2. The number of rotatable bonds is 4. The third-order valence-electron chi connectivity index (χ3n) is 2.97. The van der Waals surface area contributed by atoms with Gasteiger partial charge in [0.1, 0.15) is 6.33 Å². The van der Waals surface area contributed by atoms with Gasteiger partial charge in [-0.1, -0.05) is 12.1 Å². The molecule has 1 aromatic carbocycles. The summed E-state index contributed by atoms with van der Waals surface area (Å²) < 4.78 is 1.68. The molecule has 3 rings (SSSR count). The average molecular weight is 275 g/mol. The predicted octanol–water partition coefficient (Wildman–Crippen LogP) is 1.20. The summed E-state index contributed by atoms with van der Waals surface area (Å²) in [5.74, 6) is 0.683. The fraction of sp³-hybridized carbons (Fsp3) is 0.333. The number of carbonyl (C=O) groups is 1. The number of aromatic nitrogens is 4. The van der Waals surface area contributed by atoms with E-state index in [0.717, 1.165) is 12.1 Å². The number of tetrazole rings is 1. The Bertz CT molecular complexity index is 571. The lowest BCUT2D eigenvalue weighted by atomic mass is 10.2. The van der Waals surface area contributed by atoms with E-state index in [2.05, 4.69) is 21.6 Å². The molecule has 0 aliphatic carbocycles. The highest BCUT2D eigenvalue weighted by Crippen LogP contribution is 2.34. The van der Waals surface area contributed by atoms with Crippen LogP contribution in [0.5, 0.6) is 0 Å². The van der Waals surface area contributed by atoms with E-state index < -0.39 is 0 Å². The van der Waals surface area contributed by atoms with Gasteiger partial charge in [0, 0.05) is 18.0 Å². The van der Waals surface area contributed by atoms with Gasteiger partial charge >= 0.3 is 0 Å². The predicted molar refractivity (Wildman–Crippen MR) is 72.0 cm³/mol. The van der Waals surface area contributed by atoms with Crippen LogP contribution in [0, 0.1) is 0 Å². The molecule has 2 heterocycles. The van der Waals surface area contributed by atoms with Gasteiger partial charge in [0.2, 0.25) is 5.91 Å². The molecule has 98 valence electrons. The summed E-state index contributed by atoms with van der Waals surface area (Å²) in [6.45, 7) is 1.41. The highest BCUT2D eigenvalue weighted by Gasteiger charge is 2.23. The molecule has 19 heavy (non-hydrogen) atoms. The van der Waals surface area contributed by atoms with Crippen molar-refractivity contribution >= 4 is 23.4 Å². The van der Waals surface area contributed by atoms with Crippen molar-refractivity contribution in [1.82, 2.24) is 20.2 Å². The molecule has 0 bridgehead atoms. The Balaban J connectivity index is 1.68. The van der Waals surface area contributed by atoms with Crippen LogP contribution in [0.3, 0.4) is 0 Å². The number of hydrogen-bond acceptors (Lipinski definition) is 5. The van der Waals surface area contributed by atoms with E-state index in [1.165, 1.54) is 4.90 Å². The SMILES string of the molecule is O=C1CSc2ccccc2N1CCCn1cnnn1. The summed E-state index contributed by atoms with van der Waals surface area (Å²) in [5.41, 5.74) is 1.01. The minimum Gasteiger partial charge on any atom is -0.310 e. The number of amides is 1. The zero-order chi connectivity index (χ0) is 13.1. The molecule has 2 aromatic rings. The molecule has 1 aliphatic rings. The normalized spacial score (nSPS) is 14.5. The number of para-hydroxylation sites is 1. The van der Waals surface area contributed by atoms with E-state index in [4.69, 9.17) is 0 Å².